The van der Waals surface area contributed by atoms with Gasteiger partial charge in [-0.1, -0.05) is 93.2 Å². The molecule has 6 heteroatoms. The zero-order valence-electron chi connectivity index (χ0n) is 27.1. The Morgan fingerprint density at radius 2 is 1.85 bits per heavy atom. The van der Waals surface area contributed by atoms with Crippen molar-refractivity contribution in [3.63, 3.8) is 0 Å². The van der Waals surface area contributed by atoms with Crippen LogP contribution in [0.2, 0.25) is 0 Å². The molecule has 1 spiro atoms. The Balaban J connectivity index is 1.21. The first kappa shape index (κ1) is 30.4. The average Bonchev–Trinajstić information content (AvgIpc) is 3.73. The maximum atomic E-state index is 14.6. The van der Waals surface area contributed by atoms with Gasteiger partial charge < -0.3 is 15.2 Å². The SMILES string of the molecule is NCCCc1cccc2c1C(=O)O[C@]21[C@@H](CCC2CCCCC2)[C@]23C=CCC[C@@]21[C@H](C(=O)CC[C@]12C=CC=C[C@H]1CCC2)OC3=O. The summed E-state index contributed by atoms with van der Waals surface area (Å²) in [6.45, 7) is 0.540. The molecule has 7 atom stereocenters. The Bertz CT molecular complexity index is 1520. The number of carbonyl (C=O) groups excluding carboxylic acids is 3. The number of fused-ring (bicyclic) bond motifs is 3. The molecule has 0 amide bonds. The molecule has 244 valence electrons. The van der Waals surface area contributed by atoms with Crippen molar-refractivity contribution in [3.05, 3.63) is 71.3 Å². The van der Waals surface area contributed by atoms with Gasteiger partial charge >= 0.3 is 11.9 Å². The summed E-state index contributed by atoms with van der Waals surface area (Å²) in [6, 6.07) is 6.08. The second kappa shape index (κ2) is 11.3. The van der Waals surface area contributed by atoms with Gasteiger partial charge in [-0.15, -0.1) is 0 Å². The van der Waals surface area contributed by atoms with E-state index < -0.39 is 22.5 Å². The van der Waals surface area contributed by atoms with Crippen LogP contribution in [0.15, 0.2) is 54.7 Å². The van der Waals surface area contributed by atoms with Crippen molar-refractivity contribution in [2.45, 2.75) is 114 Å². The molecule has 4 fully saturated rings. The van der Waals surface area contributed by atoms with Crippen LogP contribution in [0, 0.1) is 34.0 Å². The number of hydrogen-bond donors (Lipinski definition) is 1. The third-order valence-corrected chi connectivity index (χ3v) is 13.7. The molecule has 0 radical (unpaired) electrons. The van der Waals surface area contributed by atoms with Crippen LogP contribution in [0.25, 0.3) is 0 Å². The number of cyclic esters (lactones) is 1. The lowest BCUT2D eigenvalue weighted by Crippen LogP contribution is -2.77. The molecule has 6 nitrogen and oxygen atoms in total. The lowest BCUT2D eigenvalue weighted by molar-refractivity contribution is -0.292. The number of ketones is 1. The molecule has 3 saturated carbocycles. The van der Waals surface area contributed by atoms with Crippen molar-refractivity contribution >= 4 is 17.7 Å². The fourth-order valence-corrected chi connectivity index (χ4v) is 11.7. The topological polar surface area (TPSA) is 95.7 Å². The third kappa shape index (κ3) is 3.94. The Kier molecular flexibility index (Phi) is 7.47. The average molecular weight is 624 g/mol. The van der Waals surface area contributed by atoms with Crippen molar-refractivity contribution in [2.24, 2.45) is 39.7 Å². The minimum absolute atomic E-state index is 0.00159. The summed E-state index contributed by atoms with van der Waals surface area (Å²) >= 11 is 0. The molecule has 7 aliphatic rings. The summed E-state index contributed by atoms with van der Waals surface area (Å²) in [6.07, 6.45) is 27.4. The van der Waals surface area contributed by atoms with Crippen LogP contribution in [0.5, 0.6) is 0 Å². The molecular weight excluding hydrogens is 574 g/mol. The van der Waals surface area contributed by atoms with Crippen LogP contribution in [0.4, 0.5) is 0 Å². The van der Waals surface area contributed by atoms with Crippen LogP contribution in [-0.4, -0.2) is 30.4 Å². The van der Waals surface area contributed by atoms with Crippen LogP contribution in [0.1, 0.15) is 118 Å². The number of nitrogens with two attached hydrogens (primary N) is 1. The zero-order valence-corrected chi connectivity index (χ0v) is 27.1. The van der Waals surface area contributed by atoms with E-state index in [1.165, 1.54) is 32.1 Å². The number of ether oxygens (including phenoxy) is 2. The van der Waals surface area contributed by atoms with Gasteiger partial charge in [0.05, 0.1) is 11.0 Å². The molecule has 1 saturated heterocycles. The van der Waals surface area contributed by atoms with Gasteiger partial charge in [-0.3, -0.25) is 9.59 Å². The van der Waals surface area contributed by atoms with Crippen molar-refractivity contribution < 1.29 is 23.9 Å². The van der Waals surface area contributed by atoms with E-state index in [1.54, 1.807) is 0 Å². The molecule has 5 aliphatic carbocycles. The van der Waals surface area contributed by atoms with Crippen molar-refractivity contribution in [2.75, 3.05) is 6.54 Å². The number of carbonyl (C=O) groups is 3. The van der Waals surface area contributed by atoms with Gasteiger partial charge in [0.15, 0.2) is 17.5 Å². The predicted molar refractivity (Wildman–Crippen MR) is 176 cm³/mol. The highest BCUT2D eigenvalue weighted by molar-refractivity contribution is 6.01. The quantitative estimate of drug-likeness (QED) is 0.215. The minimum Gasteiger partial charge on any atom is -0.453 e. The van der Waals surface area contributed by atoms with E-state index in [2.05, 4.69) is 36.5 Å². The fourth-order valence-electron chi connectivity index (χ4n) is 11.7. The highest BCUT2D eigenvalue weighted by atomic mass is 16.6. The molecule has 0 aromatic heterocycles. The number of esters is 2. The Morgan fingerprint density at radius 1 is 0.978 bits per heavy atom. The highest BCUT2D eigenvalue weighted by Crippen LogP contribution is 2.83. The lowest BCUT2D eigenvalue weighted by atomic mass is 9.31. The molecule has 0 unspecified atom stereocenters. The van der Waals surface area contributed by atoms with Crippen molar-refractivity contribution in [1.82, 2.24) is 0 Å². The van der Waals surface area contributed by atoms with Crippen LogP contribution in [0.3, 0.4) is 0 Å². The van der Waals surface area contributed by atoms with Gasteiger partial charge in [-0.25, -0.2) is 4.79 Å². The number of aryl methyl sites for hydroxylation is 1. The lowest BCUT2D eigenvalue weighted by Gasteiger charge is -2.69. The largest absolute Gasteiger partial charge is 0.453 e. The monoisotopic (exact) mass is 623 g/mol. The second-order valence-electron chi connectivity index (χ2n) is 15.5. The summed E-state index contributed by atoms with van der Waals surface area (Å²) in [5.41, 5.74) is 5.38. The van der Waals surface area contributed by atoms with Crippen molar-refractivity contribution in [1.29, 1.82) is 0 Å². The van der Waals surface area contributed by atoms with Gasteiger partial charge in [0.2, 0.25) is 0 Å². The fraction of sp³-hybridized carbons (Fsp3) is 0.625. The number of rotatable bonds is 10. The third-order valence-electron chi connectivity index (χ3n) is 13.7. The second-order valence-corrected chi connectivity index (χ2v) is 15.5. The molecule has 2 N–H and O–H groups in total. The first-order chi connectivity index (χ1) is 22.4. The zero-order chi connectivity index (χ0) is 31.6. The Labute approximate surface area is 273 Å². The van der Waals surface area contributed by atoms with Crippen LogP contribution in [-0.2, 0) is 31.1 Å². The normalized spacial score (nSPS) is 38.6. The summed E-state index contributed by atoms with van der Waals surface area (Å²) < 4.78 is 13.1. The van der Waals surface area contributed by atoms with E-state index in [4.69, 9.17) is 15.2 Å². The number of allylic oxidation sites excluding steroid dienone is 5. The molecule has 1 aromatic carbocycles. The molecule has 0 bridgehead atoms. The van der Waals surface area contributed by atoms with Gasteiger partial charge in [0.25, 0.3) is 0 Å². The van der Waals surface area contributed by atoms with E-state index in [9.17, 15) is 14.4 Å². The Hall–Kier alpha value is -2.99. The summed E-state index contributed by atoms with van der Waals surface area (Å²) in [5, 5.41) is 0. The standard InChI is InChI=1S/C40H49NO5/c41-26-10-14-28-13-8-17-30-33(28)35(43)46-40(30)32(19-18-27-11-2-1-3-12-27)38-23-6-7-24-39(38,40)34(45-36(38)44)31(42)20-25-37-21-5-4-15-29(37)16-9-22-37/h4-6,8,13,15,17,21,23,27,29,32,34H,1-3,7,9-12,14,16,18-20,22,24-26,41H2/t29-,32-,34-,37+,38-,39+,40-/m0/s1. The first-order valence-corrected chi connectivity index (χ1v) is 18.3. The maximum Gasteiger partial charge on any atom is 0.339 e. The molecule has 2 aliphatic heterocycles. The van der Waals surface area contributed by atoms with Crippen molar-refractivity contribution in [3.8, 4) is 0 Å². The van der Waals surface area contributed by atoms with Crippen LogP contribution < -0.4 is 5.73 Å². The summed E-state index contributed by atoms with van der Waals surface area (Å²) in [5.74, 6) is 0.191. The van der Waals surface area contributed by atoms with Gasteiger partial charge in [0, 0.05) is 17.9 Å². The van der Waals surface area contributed by atoms with Gasteiger partial charge in [-0.2, -0.15) is 0 Å². The van der Waals surface area contributed by atoms with E-state index in [-0.39, 0.29) is 29.1 Å². The predicted octanol–water partition coefficient (Wildman–Crippen LogP) is 7.44. The van der Waals surface area contributed by atoms with Gasteiger partial charge in [0.1, 0.15) is 5.41 Å². The smallest absolute Gasteiger partial charge is 0.339 e. The molecule has 46 heavy (non-hydrogen) atoms. The number of benzene rings is 1. The summed E-state index contributed by atoms with van der Waals surface area (Å²) in [4.78, 5) is 43.1. The van der Waals surface area contributed by atoms with Crippen LogP contribution >= 0.6 is 0 Å². The molecular formula is C40H49NO5. The Morgan fingerprint density at radius 3 is 2.70 bits per heavy atom. The van der Waals surface area contributed by atoms with E-state index in [0.29, 0.717) is 43.2 Å². The molecule has 1 aromatic rings. The summed E-state index contributed by atoms with van der Waals surface area (Å²) in [7, 11) is 0. The van der Waals surface area contributed by atoms with E-state index in [0.717, 1.165) is 62.5 Å². The molecule has 8 rings (SSSR count). The van der Waals surface area contributed by atoms with E-state index in [1.807, 2.05) is 18.2 Å². The highest BCUT2D eigenvalue weighted by Gasteiger charge is 2.92. The van der Waals surface area contributed by atoms with Gasteiger partial charge in [-0.05, 0) is 87.1 Å². The maximum absolute atomic E-state index is 14.6. The molecule has 2 heterocycles. The first-order valence-electron chi connectivity index (χ1n) is 18.3. The minimum atomic E-state index is -1.06. The van der Waals surface area contributed by atoms with E-state index >= 15 is 0 Å². The number of Topliss-reactive ketones (excluding diaryl/α,β-unsaturated/α-hetero) is 1. The number of hydrogen-bond acceptors (Lipinski definition) is 6.